The first kappa shape index (κ1) is 95.3. The number of pyridine rings is 5. The van der Waals surface area contributed by atoms with E-state index >= 15 is 0 Å². The van der Waals surface area contributed by atoms with E-state index < -0.39 is 35.4 Å². The number of halogens is 6. The minimum atomic E-state index is -4.44. The summed E-state index contributed by atoms with van der Waals surface area (Å²) in [6.45, 7) is 3.52. The van der Waals surface area contributed by atoms with Gasteiger partial charge in [0, 0.05) is 123 Å². The molecule has 5 aromatic carbocycles. The van der Waals surface area contributed by atoms with Gasteiger partial charge in [-0.25, -0.2) is 13.6 Å². The molecule has 6 fully saturated rings. The average Bonchev–Trinajstić information content (AvgIpc) is 1.20. The molecular weight excluding hydrogens is 1730 g/mol. The number of nitrogens with zero attached hydrogens (tertiary/aromatic N) is 10. The molecule has 128 heavy (non-hydrogen) atoms. The number of piperidine rings is 5. The van der Waals surface area contributed by atoms with Crippen LogP contribution in [0, 0.1) is 11.6 Å². The third-order valence-corrected chi connectivity index (χ3v) is 24.7. The molecule has 31 heteroatoms. The Balaban J connectivity index is 0.000000145. The molecule has 0 radical (unpaired) electrons. The lowest BCUT2D eigenvalue weighted by Gasteiger charge is -2.37. The highest BCUT2D eigenvalue weighted by molar-refractivity contribution is 7.82. The fraction of sp³-hybridized carbons (Fsp3) is 0.330. The molecular formula is C97H101F6N15O5S5. The van der Waals surface area contributed by atoms with Gasteiger partial charge in [-0.3, -0.25) is 69.8 Å². The van der Waals surface area contributed by atoms with E-state index in [0.717, 1.165) is 173 Å². The van der Waals surface area contributed by atoms with Gasteiger partial charge < -0.3 is 29.8 Å². The van der Waals surface area contributed by atoms with Crippen molar-refractivity contribution >= 4 is 116 Å². The molecule has 1 aliphatic carbocycles. The van der Waals surface area contributed by atoms with Gasteiger partial charge in [-0.05, 0) is 343 Å². The van der Waals surface area contributed by atoms with Crippen molar-refractivity contribution < 1.29 is 50.3 Å². The van der Waals surface area contributed by atoms with Crippen molar-refractivity contribution in [2.75, 3.05) is 39.4 Å². The average molecular weight is 1830 g/mol. The second kappa shape index (κ2) is 47.9. The topological polar surface area (TPSA) is 226 Å². The van der Waals surface area contributed by atoms with Crippen LogP contribution in [0.25, 0.3) is 0 Å². The monoisotopic (exact) mass is 1830 g/mol. The van der Waals surface area contributed by atoms with E-state index in [9.17, 15) is 50.3 Å². The minimum Gasteiger partial charge on any atom is -0.342 e. The largest absolute Gasteiger partial charge is 0.416 e. The molecule has 1 saturated carbocycles. The smallest absolute Gasteiger partial charge is 0.342 e. The van der Waals surface area contributed by atoms with Crippen LogP contribution in [0.3, 0.4) is 0 Å². The van der Waals surface area contributed by atoms with Crippen LogP contribution in [0.4, 0.5) is 31.1 Å². The lowest BCUT2D eigenvalue weighted by atomic mass is 9.97. The molecule has 5 atom stereocenters. The van der Waals surface area contributed by atoms with Crippen LogP contribution in [-0.2, 0) is 12.6 Å². The third kappa shape index (κ3) is 27.6. The summed E-state index contributed by atoms with van der Waals surface area (Å²) in [6, 6.07) is 50.1. The number of thiocarbonyl (C=S) groups is 5. The van der Waals surface area contributed by atoms with Gasteiger partial charge in [0.1, 0.15) is 16.6 Å². The summed E-state index contributed by atoms with van der Waals surface area (Å²) in [5, 5.41) is 15.8. The van der Waals surface area contributed by atoms with E-state index in [-0.39, 0.29) is 70.8 Å². The second-order valence-corrected chi connectivity index (χ2v) is 33.7. The van der Waals surface area contributed by atoms with E-state index in [0.29, 0.717) is 63.3 Å². The first-order valence-corrected chi connectivity index (χ1v) is 45.1. The number of hydrogen-bond donors (Lipinski definition) is 5. The van der Waals surface area contributed by atoms with Crippen molar-refractivity contribution in [1.82, 2.24) is 76.0 Å². The summed E-state index contributed by atoms with van der Waals surface area (Å²) in [5.41, 5.74) is 9.31. The van der Waals surface area contributed by atoms with E-state index in [1.54, 1.807) is 72.5 Å². The molecule has 16 rings (SSSR count). The zero-order chi connectivity index (χ0) is 90.3. The number of amides is 6. The van der Waals surface area contributed by atoms with Crippen molar-refractivity contribution in [3.8, 4) is 0 Å². The molecule has 20 nitrogen and oxygen atoms in total. The highest BCUT2D eigenvalue weighted by Gasteiger charge is 2.35. The SMILES string of the molecule is Fc1ccc(C(=S)NC(=S)N2CCCCC2c2cccnc2)cc1.O=C(NC(=O)N1CCCCC1c1cccnc1)c1ccc(F)cc1.O=C(NC(=S)N1CCCCC1c1cccnc1)c1ccc(C(F)(F)F)cc1.O=C(NC(=S)N1CCCCC1c1cccnc1)c1ccc(C2CC2)cc1.O=C(NC(=S)N1CCCCC1c1cccnc1)c1ccc(CCCF)cc1. The number of alkyl halides is 4. The molecule has 0 spiro atoms. The molecule has 5 N–H and O–H groups in total. The van der Waals surface area contributed by atoms with Crippen LogP contribution in [0.1, 0.15) is 243 Å². The Hall–Kier alpha value is -11.8. The van der Waals surface area contributed by atoms with Crippen molar-refractivity contribution in [2.45, 2.75) is 164 Å². The summed E-state index contributed by atoms with van der Waals surface area (Å²) in [6.07, 6.45) is 32.5. The van der Waals surface area contributed by atoms with Gasteiger partial charge in [-0.1, -0.05) is 66.8 Å². The van der Waals surface area contributed by atoms with Crippen LogP contribution in [0.15, 0.2) is 244 Å². The van der Waals surface area contributed by atoms with Crippen molar-refractivity contribution in [3.05, 3.63) is 328 Å². The molecule has 6 amide bonds. The Morgan fingerprint density at radius 1 is 0.336 bits per heavy atom. The van der Waals surface area contributed by atoms with E-state index in [1.807, 2.05) is 90.2 Å². The predicted molar refractivity (Wildman–Crippen MR) is 502 cm³/mol. The van der Waals surface area contributed by atoms with Gasteiger partial charge in [-0.15, -0.1) is 0 Å². The van der Waals surface area contributed by atoms with Crippen LogP contribution < -0.4 is 26.6 Å². The van der Waals surface area contributed by atoms with Gasteiger partial charge in [0.05, 0.1) is 42.4 Å². The Bertz CT molecular complexity index is 5220. The number of urea groups is 1. The lowest BCUT2D eigenvalue weighted by molar-refractivity contribution is -0.137. The normalized spacial score (nSPS) is 17.8. The summed E-state index contributed by atoms with van der Waals surface area (Å²) in [4.78, 5) is 93.7. The molecule has 10 heterocycles. The maximum absolute atomic E-state index is 13.0. The fourth-order valence-electron chi connectivity index (χ4n) is 16.1. The Morgan fingerprint density at radius 3 is 0.938 bits per heavy atom. The van der Waals surface area contributed by atoms with Crippen LogP contribution in [0.5, 0.6) is 0 Å². The summed E-state index contributed by atoms with van der Waals surface area (Å²) >= 11 is 27.5. The number of carbonyl (C=O) groups is 5. The molecule has 666 valence electrons. The lowest BCUT2D eigenvalue weighted by Crippen LogP contribution is -2.46. The van der Waals surface area contributed by atoms with E-state index in [4.69, 9.17) is 61.1 Å². The maximum Gasteiger partial charge on any atom is 0.416 e. The quantitative estimate of drug-likeness (QED) is 0.0504. The van der Waals surface area contributed by atoms with E-state index in [1.165, 1.54) is 61.2 Å². The number of carbonyl (C=O) groups excluding carboxylic acids is 5. The zero-order valence-electron chi connectivity index (χ0n) is 70.6. The van der Waals surface area contributed by atoms with Crippen molar-refractivity contribution in [1.29, 1.82) is 0 Å². The van der Waals surface area contributed by atoms with Gasteiger partial charge in [0.2, 0.25) is 0 Å². The molecule has 6 aliphatic rings. The van der Waals surface area contributed by atoms with Crippen LogP contribution in [0.2, 0.25) is 0 Å². The Kier molecular flexibility index (Phi) is 35.7. The molecule has 10 aromatic rings. The number of rotatable bonds is 14. The minimum absolute atomic E-state index is 0.0212. The van der Waals surface area contributed by atoms with Crippen molar-refractivity contribution in [3.63, 3.8) is 0 Å². The first-order valence-electron chi connectivity index (χ1n) is 43.1. The second-order valence-electron chi connectivity index (χ2n) is 31.7. The number of nitrogens with one attached hydrogen (secondary N) is 5. The number of likely N-dealkylation sites (tertiary alicyclic amines) is 5. The highest BCUT2D eigenvalue weighted by Crippen LogP contribution is 2.41. The summed E-state index contributed by atoms with van der Waals surface area (Å²) in [5.74, 6) is -1.41. The Morgan fingerprint density at radius 2 is 0.625 bits per heavy atom. The van der Waals surface area contributed by atoms with Crippen LogP contribution >= 0.6 is 61.1 Å². The molecule has 5 aliphatic heterocycles. The van der Waals surface area contributed by atoms with Gasteiger partial charge in [0.25, 0.3) is 23.6 Å². The number of hydrogen-bond acceptors (Lipinski definition) is 15. The summed E-state index contributed by atoms with van der Waals surface area (Å²) in [7, 11) is 0. The van der Waals surface area contributed by atoms with Gasteiger partial charge >= 0.3 is 12.2 Å². The fourth-order valence-corrected chi connectivity index (χ4v) is 17.7. The van der Waals surface area contributed by atoms with Crippen LogP contribution in [-0.4, -0.2) is 144 Å². The van der Waals surface area contributed by atoms with E-state index in [2.05, 4.69) is 96.5 Å². The number of benzene rings is 5. The Labute approximate surface area is 769 Å². The van der Waals surface area contributed by atoms with Gasteiger partial charge in [-0.2, -0.15) is 13.2 Å². The predicted octanol–water partition coefficient (Wildman–Crippen LogP) is 20.1. The van der Waals surface area contributed by atoms with Gasteiger partial charge in [0.15, 0.2) is 20.4 Å². The standard InChI is InChI=1S/C21H24FN3OS.C21H23N3OS.C19H18F3N3OS.C18H18FN3O2.C18H18FN3S2/c22-12-3-5-16-8-10-17(11-9-16)20(26)24-21(27)25-14-2-1-7-19(25)18-6-4-13-23-15-18;25-20(17-10-8-16(9-11-17)15-6-7-15)23-21(26)24-13-2-1-5-19(24)18-4-3-12-22-14-18;20-19(21,22)15-8-6-13(7-9-15)17(26)24-18(27)25-11-2-1-5-16(25)14-4-3-10-23-12-14;2*19-15-8-6-13(7-9-15)17(23)21-18(24)22-11-2-1-5-16(22)14-4-3-10-20-12-14/h4,6,8-11,13,15,19H,1-3,5,7,12,14H2,(H,24,26,27);3-4,8-12,14-15,19H,1-2,5-7,13H2,(H,23,25,26);3-4,6-10,12,16H,1-2,5,11H2,(H,24,26,27);2*3-4,6-10,12,16H,1-2,5,11H2,(H,21,23,24). The first-order chi connectivity index (χ1) is 62.1. The third-order valence-electron chi connectivity index (χ3n) is 23.0. The molecule has 0 bridgehead atoms. The highest BCUT2D eigenvalue weighted by atomic mass is 32.1. The summed E-state index contributed by atoms with van der Waals surface area (Å²) < 4.78 is 76.2. The number of aryl methyl sites for hydroxylation is 1. The molecule has 5 unspecified atom stereocenters. The number of imide groups is 1. The molecule has 5 aromatic heterocycles. The maximum atomic E-state index is 13.0. The van der Waals surface area contributed by atoms with Crippen molar-refractivity contribution in [2.24, 2.45) is 0 Å². The molecule has 5 saturated heterocycles. The number of aromatic nitrogens is 5. The zero-order valence-corrected chi connectivity index (χ0v) is 74.6.